The SMILES string of the molecule is O=CN1CC(Sc2ccccc2)c2ccccc2[C@H]1Cc1ccccc1. The minimum atomic E-state index is 0.0960. The van der Waals surface area contributed by atoms with Gasteiger partial charge in [-0.1, -0.05) is 72.8 Å². The molecule has 1 aliphatic heterocycles. The highest BCUT2D eigenvalue weighted by Crippen LogP contribution is 2.44. The second-order valence-electron chi connectivity index (χ2n) is 6.56. The normalized spacial score (nSPS) is 19.0. The summed E-state index contributed by atoms with van der Waals surface area (Å²) in [4.78, 5) is 15.1. The van der Waals surface area contributed by atoms with Crippen molar-refractivity contribution in [3.05, 3.63) is 102 Å². The number of carbonyl (C=O) groups excluding carboxylic acids is 1. The largest absolute Gasteiger partial charge is 0.336 e. The zero-order chi connectivity index (χ0) is 17.8. The molecule has 1 amide bonds. The van der Waals surface area contributed by atoms with Crippen LogP contribution >= 0.6 is 11.8 Å². The molecular formula is C23H21NOS. The number of thioether (sulfide) groups is 1. The molecule has 0 saturated carbocycles. The number of amides is 1. The van der Waals surface area contributed by atoms with E-state index in [9.17, 15) is 4.79 Å². The van der Waals surface area contributed by atoms with Gasteiger partial charge >= 0.3 is 0 Å². The molecule has 1 heterocycles. The van der Waals surface area contributed by atoms with Gasteiger partial charge in [0.1, 0.15) is 0 Å². The average Bonchev–Trinajstić information content (AvgIpc) is 2.71. The summed E-state index contributed by atoms with van der Waals surface area (Å²) < 4.78 is 0. The molecule has 1 unspecified atom stereocenters. The number of carbonyl (C=O) groups is 1. The third kappa shape index (κ3) is 3.54. The smallest absolute Gasteiger partial charge is 0.210 e. The van der Waals surface area contributed by atoms with Crippen LogP contribution in [-0.4, -0.2) is 17.9 Å². The van der Waals surface area contributed by atoms with E-state index in [2.05, 4.69) is 72.8 Å². The Labute approximate surface area is 158 Å². The monoisotopic (exact) mass is 359 g/mol. The van der Waals surface area contributed by atoms with Crippen molar-refractivity contribution < 1.29 is 4.79 Å². The van der Waals surface area contributed by atoms with Gasteiger partial charge in [0.2, 0.25) is 6.41 Å². The molecule has 0 spiro atoms. The van der Waals surface area contributed by atoms with Gasteiger partial charge in [0.25, 0.3) is 0 Å². The molecule has 0 bridgehead atoms. The molecule has 0 saturated heterocycles. The maximum absolute atomic E-state index is 11.9. The van der Waals surface area contributed by atoms with E-state index in [0.29, 0.717) is 0 Å². The van der Waals surface area contributed by atoms with E-state index in [1.165, 1.54) is 21.6 Å². The van der Waals surface area contributed by atoms with Gasteiger partial charge in [-0.05, 0) is 35.2 Å². The van der Waals surface area contributed by atoms with Crippen molar-refractivity contribution in [2.45, 2.75) is 22.6 Å². The first-order valence-corrected chi connectivity index (χ1v) is 9.78. The van der Waals surface area contributed by atoms with Gasteiger partial charge in [-0.25, -0.2) is 0 Å². The average molecular weight is 359 g/mol. The zero-order valence-electron chi connectivity index (χ0n) is 14.5. The Bertz CT molecular complexity index is 866. The first-order valence-electron chi connectivity index (χ1n) is 8.90. The first kappa shape index (κ1) is 16.9. The van der Waals surface area contributed by atoms with Crippen LogP contribution in [0.1, 0.15) is 28.0 Å². The molecule has 130 valence electrons. The summed E-state index contributed by atoms with van der Waals surface area (Å²) in [6.07, 6.45) is 1.86. The van der Waals surface area contributed by atoms with Crippen molar-refractivity contribution in [2.75, 3.05) is 6.54 Å². The summed E-state index contributed by atoms with van der Waals surface area (Å²) in [5, 5.41) is 0.255. The van der Waals surface area contributed by atoms with E-state index in [1.54, 1.807) is 0 Å². The van der Waals surface area contributed by atoms with Crippen LogP contribution < -0.4 is 0 Å². The fourth-order valence-electron chi connectivity index (χ4n) is 3.65. The third-order valence-electron chi connectivity index (χ3n) is 4.91. The van der Waals surface area contributed by atoms with Crippen LogP contribution in [0.15, 0.2) is 89.8 Å². The molecule has 0 fully saturated rings. The number of hydrogen-bond acceptors (Lipinski definition) is 2. The van der Waals surface area contributed by atoms with E-state index in [-0.39, 0.29) is 11.3 Å². The van der Waals surface area contributed by atoms with Gasteiger partial charge < -0.3 is 4.90 Å². The van der Waals surface area contributed by atoms with Crippen LogP contribution in [0.2, 0.25) is 0 Å². The Balaban J connectivity index is 1.67. The van der Waals surface area contributed by atoms with Crippen LogP contribution in [0.5, 0.6) is 0 Å². The molecule has 0 radical (unpaired) electrons. The number of hydrogen-bond donors (Lipinski definition) is 0. The summed E-state index contributed by atoms with van der Waals surface area (Å²) in [6.45, 7) is 0.734. The van der Waals surface area contributed by atoms with Gasteiger partial charge in [-0.3, -0.25) is 4.79 Å². The Morgan fingerprint density at radius 1 is 0.846 bits per heavy atom. The highest BCUT2D eigenvalue weighted by molar-refractivity contribution is 7.99. The van der Waals surface area contributed by atoms with Gasteiger partial charge in [-0.15, -0.1) is 11.8 Å². The number of fused-ring (bicyclic) bond motifs is 1. The highest BCUT2D eigenvalue weighted by atomic mass is 32.2. The molecule has 2 nitrogen and oxygen atoms in total. The van der Waals surface area contributed by atoms with E-state index in [1.807, 2.05) is 28.8 Å². The van der Waals surface area contributed by atoms with Crippen LogP contribution in [-0.2, 0) is 11.2 Å². The Morgan fingerprint density at radius 2 is 1.46 bits per heavy atom. The minimum absolute atomic E-state index is 0.0960. The van der Waals surface area contributed by atoms with Gasteiger partial charge in [0.05, 0.1) is 11.3 Å². The van der Waals surface area contributed by atoms with E-state index in [0.717, 1.165) is 19.4 Å². The first-order chi connectivity index (χ1) is 12.8. The predicted octanol–water partition coefficient (Wildman–Crippen LogP) is 5.28. The molecule has 0 aliphatic carbocycles. The number of benzene rings is 3. The maximum Gasteiger partial charge on any atom is 0.210 e. The molecule has 26 heavy (non-hydrogen) atoms. The fourth-order valence-corrected chi connectivity index (χ4v) is 4.88. The molecule has 1 aliphatic rings. The van der Waals surface area contributed by atoms with Gasteiger partial charge in [0.15, 0.2) is 0 Å². The molecule has 0 aromatic heterocycles. The highest BCUT2D eigenvalue weighted by Gasteiger charge is 2.32. The molecule has 3 aromatic rings. The Morgan fingerprint density at radius 3 is 2.15 bits per heavy atom. The molecule has 0 N–H and O–H groups in total. The molecule has 3 aromatic carbocycles. The predicted molar refractivity (Wildman–Crippen MR) is 107 cm³/mol. The summed E-state index contributed by atoms with van der Waals surface area (Å²) in [5.74, 6) is 0. The van der Waals surface area contributed by atoms with Crippen LogP contribution in [0.4, 0.5) is 0 Å². The summed E-state index contributed by atoms with van der Waals surface area (Å²) in [5.41, 5.74) is 3.87. The molecular weight excluding hydrogens is 338 g/mol. The summed E-state index contributed by atoms with van der Waals surface area (Å²) in [6, 6.07) is 29.5. The van der Waals surface area contributed by atoms with Crippen molar-refractivity contribution in [3.63, 3.8) is 0 Å². The molecule has 2 atom stereocenters. The quantitative estimate of drug-likeness (QED) is 0.578. The summed E-state index contributed by atoms with van der Waals surface area (Å²) >= 11 is 1.83. The van der Waals surface area contributed by atoms with Crippen LogP contribution in [0, 0.1) is 0 Å². The second-order valence-corrected chi connectivity index (χ2v) is 7.83. The zero-order valence-corrected chi connectivity index (χ0v) is 15.3. The maximum atomic E-state index is 11.9. The number of nitrogens with zero attached hydrogens (tertiary/aromatic N) is 1. The van der Waals surface area contributed by atoms with Crippen LogP contribution in [0.3, 0.4) is 0 Å². The van der Waals surface area contributed by atoms with Crippen LogP contribution in [0.25, 0.3) is 0 Å². The molecule has 4 rings (SSSR count). The topological polar surface area (TPSA) is 20.3 Å². The fraction of sp³-hybridized carbons (Fsp3) is 0.174. The lowest BCUT2D eigenvalue weighted by Gasteiger charge is -2.39. The van der Waals surface area contributed by atoms with Crippen molar-refractivity contribution in [3.8, 4) is 0 Å². The van der Waals surface area contributed by atoms with Gasteiger partial charge in [-0.2, -0.15) is 0 Å². The van der Waals surface area contributed by atoms with Crippen molar-refractivity contribution in [2.24, 2.45) is 0 Å². The van der Waals surface area contributed by atoms with Crippen molar-refractivity contribution in [1.82, 2.24) is 4.90 Å². The Hall–Kier alpha value is -2.52. The molecule has 3 heteroatoms. The van der Waals surface area contributed by atoms with E-state index in [4.69, 9.17) is 0 Å². The van der Waals surface area contributed by atoms with Crippen molar-refractivity contribution >= 4 is 18.2 Å². The lowest BCUT2D eigenvalue weighted by atomic mass is 9.89. The second kappa shape index (κ2) is 7.79. The van der Waals surface area contributed by atoms with E-state index < -0.39 is 0 Å². The number of rotatable bonds is 5. The van der Waals surface area contributed by atoms with E-state index >= 15 is 0 Å². The minimum Gasteiger partial charge on any atom is -0.336 e. The summed E-state index contributed by atoms with van der Waals surface area (Å²) in [7, 11) is 0. The lowest BCUT2D eigenvalue weighted by Crippen LogP contribution is -2.37. The van der Waals surface area contributed by atoms with Gasteiger partial charge in [0, 0.05) is 11.4 Å². The standard InChI is InChI=1S/C23H21NOS/c25-17-24-16-23(26-19-11-5-2-6-12-19)21-14-8-7-13-20(21)22(24)15-18-9-3-1-4-10-18/h1-14,17,22-23H,15-16H2/t22-,23?/m1/s1. The lowest BCUT2D eigenvalue weighted by molar-refractivity contribution is -0.120. The van der Waals surface area contributed by atoms with Crippen molar-refractivity contribution in [1.29, 1.82) is 0 Å². The Kier molecular flexibility index (Phi) is 5.07. The third-order valence-corrected chi connectivity index (χ3v) is 6.14.